The number of benzene rings is 2. The Morgan fingerprint density at radius 1 is 1.08 bits per heavy atom. The van der Waals surface area contributed by atoms with E-state index < -0.39 is 16.0 Å². The Bertz CT molecular complexity index is 1330. The number of carbonyl (C=O) groups excluding carboxylic acids is 1. The molecule has 36 heavy (non-hydrogen) atoms. The fourth-order valence-corrected chi connectivity index (χ4v) is 5.81. The van der Waals surface area contributed by atoms with Crippen LogP contribution in [0.5, 0.6) is 0 Å². The summed E-state index contributed by atoms with van der Waals surface area (Å²) in [6.07, 6.45) is 1.74. The molecule has 0 aliphatic carbocycles. The fourth-order valence-electron chi connectivity index (χ4n) is 4.33. The number of nitrogens with zero attached hydrogens (tertiary/aromatic N) is 4. The SMILES string of the molecule is CS(=O)(=O)ON1C(=O)Cc2cc(CCN3CCN(c4nsc5ccccc45)CC3)c(Cl)cc21.O.O.O. The number of rotatable bonds is 6. The van der Waals surface area contributed by atoms with Crippen molar-refractivity contribution in [1.82, 2.24) is 9.27 Å². The van der Waals surface area contributed by atoms with E-state index in [1.54, 1.807) is 17.6 Å². The van der Waals surface area contributed by atoms with Crippen LogP contribution < -0.4 is 9.96 Å². The summed E-state index contributed by atoms with van der Waals surface area (Å²) in [6, 6.07) is 11.8. The normalized spacial score (nSPS) is 15.8. The largest absolute Gasteiger partial charge is 0.412 e. The lowest BCUT2D eigenvalue weighted by molar-refractivity contribution is -0.121. The number of anilines is 2. The molecule has 2 aliphatic heterocycles. The van der Waals surface area contributed by atoms with Crippen LogP contribution in [0.1, 0.15) is 11.1 Å². The Morgan fingerprint density at radius 2 is 1.78 bits per heavy atom. The predicted molar refractivity (Wildman–Crippen MR) is 141 cm³/mol. The van der Waals surface area contributed by atoms with E-state index in [1.165, 1.54) is 10.1 Å². The van der Waals surface area contributed by atoms with Gasteiger partial charge in [-0.15, -0.1) is 4.28 Å². The van der Waals surface area contributed by atoms with Crippen LogP contribution in [0.15, 0.2) is 36.4 Å². The summed E-state index contributed by atoms with van der Waals surface area (Å²) in [4.78, 5) is 17.0. The molecule has 1 amide bonds. The first kappa shape index (κ1) is 29.9. The van der Waals surface area contributed by atoms with Gasteiger partial charge < -0.3 is 21.3 Å². The van der Waals surface area contributed by atoms with E-state index in [4.69, 9.17) is 15.9 Å². The van der Waals surface area contributed by atoms with Gasteiger partial charge >= 0.3 is 0 Å². The molecule has 198 valence electrons. The summed E-state index contributed by atoms with van der Waals surface area (Å²) in [5.41, 5.74) is 2.06. The molecule has 3 aromatic rings. The standard InChI is InChI=1S/C22H23ClN4O4S2.3H2O/c1-33(29,30)31-27-19-14-18(23)15(12-16(19)13-21(27)28)6-7-25-8-10-26(11-9-25)22-17-4-2-3-5-20(17)32-24-22;;;/h2-5,12,14H,6-11,13H2,1H3;3*1H2. The number of piperazine rings is 1. The van der Waals surface area contributed by atoms with Gasteiger partial charge in [0.25, 0.3) is 16.0 Å². The van der Waals surface area contributed by atoms with Gasteiger partial charge in [0.05, 0.1) is 23.1 Å². The smallest absolute Gasteiger partial charge is 0.285 e. The van der Waals surface area contributed by atoms with Crippen molar-refractivity contribution in [2.75, 3.05) is 48.9 Å². The van der Waals surface area contributed by atoms with Crippen LogP contribution >= 0.6 is 23.1 Å². The Balaban J connectivity index is 0.00000152. The van der Waals surface area contributed by atoms with Crippen molar-refractivity contribution in [2.45, 2.75) is 12.8 Å². The number of hydrogen-bond donors (Lipinski definition) is 0. The number of amides is 1. The van der Waals surface area contributed by atoms with Gasteiger partial charge in [0, 0.05) is 43.1 Å². The molecule has 0 atom stereocenters. The molecule has 6 N–H and O–H groups in total. The van der Waals surface area contributed by atoms with E-state index in [9.17, 15) is 13.2 Å². The van der Waals surface area contributed by atoms with Gasteiger partial charge in [0.15, 0.2) is 0 Å². The highest BCUT2D eigenvalue weighted by atomic mass is 35.5. The van der Waals surface area contributed by atoms with Crippen molar-refractivity contribution < 1.29 is 33.9 Å². The van der Waals surface area contributed by atoms with Gasteiger partial charge in [-0.25, -0.2) is 0 Å². The first-order valence-electron chi connectivity index (χ1n) is 10.6. The average Bonchev–Trinajstić information content (AvgIpc) is 3.33. The minimum atomic E-state index is -3.82. The molecule has 0 saturated carbocycles. The van der Waals surface area contributed by atoms with Crippen LogP contribution in [-0.2, 0) is 32.0 Å². The number of halogens is 1. The molecule has 2 aromatic carbocycles. The van der Waals surface area contributed by atoms with Crippen LogP contribution in [0.2, 0.25) is 5.02 Å². The molecule has 0 bridgehead atoms. The van der Waals surface area contributed by atoms with Gasteiger partial charge in [0.1, 0.15) is 5.82 Å². The van der Waals surface area contributed by atoms with Crippen molar-refractivity contribution in [3.8, 4) is 0 Å². The van der Waals surface area contributed by atoms with Crippen LogP contribution in [0.25, 0.3) is 10.1 Å². The molecule has 1 aromatic heterocycles. The summed E-state index contributed by atoms with van der Waals surface area (Å²) in [5, 5.41) is 2.53. The topological polar surface area (TPSA) is 178 Å². The molecular formula is C22H29ClN4O7S2. The van der Waals surface area contributed by atoms with E-state index in [0.717, 1.165) is 67.4 Å². The number of hydroxylamine groups is 1. The summed E-state index contributed by atoms with van der Waals surface area (Å²) < 4.78 is 33.7. The zero-order chi connectivity index (χ0) is 23.2. The highest BCUT2D eigenvalue weighted by Crippen LogP contribution is 2.35. The first-order chi connectivity index (χ1) is 15.8. The molecular weight excluding hydrogens is 532 g/mol. The van der Waals surface area contributed by atoms with Gasteiger partial charge in [-0.05, 0) is 47.3 Å². The Labute approximate surface area is 218 Å². The van der Waals surface area contributed by atoms with Crippen molar-refractivity contribution in [3.63, 3.8) is 0 Å². The molecule has 5 rings (SSSR count). The third-order valence-corrected chi connectivity index (χ3v) is 7.56. The second-order valence-corrected chi connectivity index (χ2v) is 11.1. The highest BCUT2D eigenvalue weighted by Gasteiger charge is 2.32. The summed E-state index contributed by atoms with van der Waals surface area (Å²) >= 11 is 8.02. The zero-order valence-electron chi connectivity index (χ0n) is 19.5. The van der Waals surface area contributed by atoms with Gasteiger partial charge in [-0.1, -0.05) is 29.8 Å². The number of fused-ring (bicyclic) bond motifs is 2. The van der Waals surface area contributed by atoms with Crippen molar-refractivity contribution >= 4 is 60.8 Å². The van der Waals surface area contributed by atoms with Crippen molar-refractivity contribution in [1.29, 1.82) is 0 Å². The molecule has 3 heterocycles. The zero-order valence-corrected chi connectivity index (χ0v) is 21.9. The predicted octanol–water partition coefficient (Wildman–Crippen LogP) is 0.621. The monoisotopic (exact) mass is 560 g/mol. The lowest BCUT2D eigenvalue weighted by atomic mass is 10.1. The molecule has 2 aliphatic rings. The second kappa shape index (κ2) is 11.8. The van der Waals surface area contributed by atoms with Crippen LogP contribution in [0, 0.1) is 0 Å². The Morgan fingerprint density at radius 3 is 2.47 bits per heavy atom. The summed E-state index contributed by atoms with van der Waals surface area (Å²) in [6.45, 7) is 4.54. The van der Waals surface area contributed by atoms with Crippen LogP contribution in [0.3, 0.4) is 0 Å². The minimum Gasteiger partial charge on any atom is -0.412 e. The summed E-state index contributed by atoms with van der Waals surface area (Å²) in [7, 11) is -3.82. The van der Waals surface area contributed by atoms with Crippen LogP contribution in [0.4, 0.5) is 11.5 Å². The maximum absolute atomic E-state index is 12.2. The van der Waals surface area contributed by atoms with E-state index >= 15 is 0 Å². The molecule has 0 spiro atoms. The molecule has 1 fully saturated rings. The van der Waals surface area contributed by atoms with E-state index in [2.05, 4.69) is 32.4 Å². The molecule has 11 nitrogen and oxygen atoms in total. The average molecular weight is 561 g/mol. The van der Waals surface area contributed by atoms with Gasteiger partial charge in [-0.2, -0.15) is 17.9 Å². The van der Waals surface area contributed by atoms with Crippen molar-refractivity contribution in [3.05, 3.63) is 52.5 Å². The molecule has 1 saturated heterocycles. The summed E-state index contributed by atoms with van der Waals surface area (Å²) in [5.74, 6) is 0.650. The van der Waals surface area contributed by atoms with Crippen LogP contribution in [-0.4, -0.2) is 79.0 Å². The molecule has 14 heteroatoms. The van der Waals surface area contributed by atoms with E-state index in [1.807, 2.05) is 12.1 Å². The Kier molecular flexibility index (Phi) is 9.78. The lowest BCUT2D eigenvalue weighted by Gasteiger charge is -2.35. The number of aromatic nitrogens is 1. The molecule has 0 radical (unpaired) electrons. The lowest BCUT2D eigenvalue weighted by Crippen LogP contribution is -2.47. The van der Waals surface area contributed by atoms with E-state index in [-0.39, 0.29) is 22.8 Å². The van der Waals surface area contributed by atoms with Gasteiger partial charge in [-0.3, -0.25) is 9.69 Å². The van der Waals surface area contributed by atoms with E-state index in [0.29, 0.717) is 10.7 Å². The number of carbonyl (C=O) groups is 1. The number of hydrogen-bond acceptors (Lipinski definition) is 8. The Hall–Kier alpha value is -2.36. The second-order valence-electron chi connectivity index (χ2n) is 8.30. The maximum atomic E-state index is 12.2. The third-order valence-electron chi connectivity index (χ3n) is 5.97. The minimum absolute atomic E-state index is 0. The maximum Gasteiger partial charge on any atom is 0.285 e. The van der Waals surface area contributed by atoms with Gasteiger partial charge in [0.2, 0.25) is 0 Å². The quantitative estimate of drug-likeness (QED) is 0.424. The van der Waals surface area contributed by atoms with Crippen molar-refractivity contribution in [2.24, 2.45) is 0 Å². The molecule has 0 unspecified atom stereocenters. The third kappa shape index (κ3) is 6.12. The highest BCUT2D eigenvalue weighted by molar-refractivity contribution is 7.86. The first-order valence-corrected chi connectivity index (χ1v) is 13.6. The fraction of sp³-hybridized carbons (Fsp3) is 0.364.